The molecule has 2 amide bonds. The quantitative estimate of drug-likeness (QED) is 0.623. The van der Waals surface area contributed by atoms with Gasteiger partial charge in [-0.15, -0.1) is 11.3 Å². The van der Waals surface area contributed by atoms with Gasteiger partial charge in [0.25, 0.3) is 5.91 Å². The molecule has 158 valence electrons. The lowest BCUT2D eigenvalue weighted by molar-refractivity contribution is -0.114. The molecule has 1 aromatic heterocycles. The average molecular weight is 440 g/mol. The zero-order valence-corrected chi connectivity index (χ0v) is 18.4. The second-order valence-electron chi connectivity index (χ2n) is 5.98. The smallest absolute Gasteiger partial charge is 0.265 e. The van der Waals surface area contributed by atoms with E-state index >= 15 is 0 Å². The number of nitrogens with one attached hydrogen (secondary N) is 2. The molecular weight excluding hydrogens is 414 g/mol. The van der Waals surface area contributed by atoms with Crippen LogP contribution in [0.1, 0.15) is 37.4 Å². The van der Waals surface area contributed by atoms with Gasteiger partial charge in [-0.25, -0.2) is 8.42 Å². The van der Waals surface area contributed by atoms with Crippen LogP contribution in [0.5, 0.6) is 5.75 Å². The molecule has 29 heavy (non-hydrogen) atoms. The number of sulfonamides is 1. The molecular formula is C19H25N3O5S2. The number of rotatable bonds is 9. The van der Waals surface area contributed by atoms with Gasteiger partial charge in [0.15, 0.2) is 0 Å². The zero-order valence-electron chi connectivity index (χ0n) is 16.8. The summed E-state index contributed by atoms with van der Waals surface area (Å²) < 4.78 is 32.8. The van der Waals surface area contributed by atoms with Crippen molar-refractivity contribution >= 4 is 43.9 Å². The molecule has 1 heterocycles. The van der Waals surface area contributed by atoms with E-state index in [-0.39, 0.29) is 16.6 Å². The highest BCUT2D eigenvalue weighted by molar-refractivity contribution is 7.89. The molecule has 0 fully saturated rings. The standard InChI is InChI=1S/C19H25N3O5S2/c1-5-22(6-2)29(25,26)17-12-14(8-9-15(17)27-7-3)21-19(24)16-10-11-18(28-16)20-13(4)23/h8-12H,5-7H2,1-4H3,(H,20,23)(H,21,24). The van der Waals surface area contributed by atoms with Crippen LogP contribution in [-0.4, -0.2) is 44.2 Å². The fraction of sp³-hybridized carbons (Fsp3) is 0.368. The van der Waals surface area contributed by atoms with E-state index in [1.54, 1.807) is 39.0 Å². The Morgan fingerprint density at radius 1 is 1.07 bits per heavy atom. The highest BCUT2D eigenvalue weighted by Gasteiger charge is 2.26. The van der Waals surface area contributed by atoms with Crippen LogP contribution in [0.3, 0.4) is 0 Å². The Kier molecular flexibility index (Phi) is 7.77. The predicted octanol–water partition coefficient (Wildman–Crippen LogP) is 3.39. The number of anilines is 2. The molecule has 2 rings (SSSR count). The Balaban J connectivity index is 2.33. The van der Waals surface area contributed by atoms with Crippen molar-refractivity contribution in [2.24, 2.45) is 0 Å². The first kappa shape index (κ1) is 22.9. The Bertz CT molecular complexity index is 981. The molecule has 0 saturated heterocycles. The minimum absolute atomic E-state index is 0.00552. The van der Waals surface area contributed by atoms with Crippen LogP contribution < -0.4 is 15.4 Å². The van der Waals surface area contributed by atoms with Crippen molar-refractivity contribution in [2.75, 3.05) is 30.3 Å². The normalized spacial score (nSPS) is 11.3. The lowest BCUT2D eigenvalue weighted by atomic mass is 10.3. The molecule has 0 aliphatic rings. The average Bonchev–Trinajstić information content (AvgIpc) is 3.11. The number of hydrogen-bond donors (Lipinski definition) is 2. The first-order valence-electron chi connectivity index (χ1n) is 9.18. The predicted molar refractivity (Wildman–Crippen MR) is 114 cm³/mol. The van der Waals surface area contributed by atoms with Gasteiger partial charge in [0, 0.05) is 25.7 Å². The van der Waals surface area contributed by atoms with E-state index in [1.165, 1.54) is 23.4 Å². The third kappa shape index (κ3) is 5.55. The summed E-state index contributed by atoms with van der Waals surface area (Å²) >= 11 is 1.13. The van der Waals surface area contributed by atoms with E-state index < -0.39 is 15.9 Å². The van der Waals surface area contributed by atoms with Crippen LogP contribution in [0.4, 0.5) is 10.7 Å². The van der Waals surface area contributed by atoms with E-state index in [2.05, 4.69) is 10.6 Å². The third-order valence-corrected chi connectivity index (χ3v) is 7.02. The highest BCUT2D eigenvalue weighted by atomic mass is 32.2. The number of amides is 2. The van der Waals surface area contributed by atoms with Crippen molar-refractivity contribution in [3.8, 4) is 5.75 Å². The van der Waals surface area contributed by atoms with Crippen molar-refractivity contribution in [2.45, 2.75) is 32.6 Å². The van der Waals surface area contributed by atoms with Crippen LogP contribution in [0.25, 0.3) is 0 Å². The van der Waals surface area contributed by atoms with Gasteiger partial charge in [-0.3, -0.25) is 9.59 Å². The van der Waals surface area contributed by atoms with Crippen molar-refractivity contribution in [1.29, 1.82) is 0 Å². The van der Waals surface area contributed by atoms with Gasteiger partial charge in [0.05, 0.1) is 16.5 Å². The summed E-state index contributed by atoms with van der Waals surface area (Å²) in [6.07, 6.45) is 0. The molecule has 0 saturated carbocycles. The first-order chi connectivity index (χ1) is 13.7. The Morgan fingerprint density at radius 3 is 2.34 bits per heavy atom. The molecule has 0 atom stereocenters. The largest absolute Gasteiger partial charge is 0.492 e. The Morgan fingerprint density at radius 2 is 1.76 bits per heavy atom. The van der Waals surface area contributed by atoms with Gasteiger partial charge in [-0.1, -0.05) is 13.8 Å². The maximum absolute atomic E-state index is 13.0. The van der Waals surface area contributed by atoms with Crippen LogP contribution in [0, 0.1) is 0 Å². The zero-order chi connectivity index (χ0) is 21.6. The van der Waals surface area contributed by atoms with Gasteiger partial charge < -0.3 is 15.4 Å². The summed E-state index contributed by atoms with van der Waals surface area (Å²) in [6.45, 7) is 7.63. The van der Waals surface area contributed by atoms with Crippen LogP contribution in [0.15, 0.2) is 35.2 Å². The molecule has 0 aliphatic heterocycles. The van der Waals surface area contributed by atoms with E-state index in [0.717, 1.165) is 11.3 Å². The van der Waals surface area contributed by atoms with Gasteiger partial charge in [0.1, 0.15) is 10.6 Å². The van der Waals surface area contributed by atoms with Crippen LogP contribution in [0.2, 0.25) is 0 Å². The molecule has 0 radical (unpaired) electrons. The van der Waals surface area contributed by atoms with Crippen molar-refractivity contribution < 1.29 is 22.7 Å². The molecule has 1 aromatic carbocycles. The van der Waals surface area contributed by atoms with Crippen molar-refractivity contribution in [3.05, 3.63) is 35.2 Å². The van der Waals surface area contributed by atoms with Gasteiger partial charge >= 0.3 is 0 Å². The number of carbonyl (C=O) groups is 2. The second-order valence-corrected chi connectivity index (χ2v) is 8.97. The molecule has 8 nitrogen and oxygen atoms in total. The monoisotopic (exact) mass is 439 g/mol. The Hall–Kier alpha value is -2.43. The lowest BCUT2D eigenvalue weighted by Crippen LogP contribution is -2.31. The summed E-state index contributed by atoms with van der Waals surface area (Å²) in [5, 5.41) is 5.87. The number of benzene rings is 1. The second kappa shape index (κ2) is 9.86. The number of ether oxygens (including phenoxy) is 1. The first-order valence-corrected chi connectivity index (χ1v) is 11.4. The topological polar surface area (TPSA) is 105 Å². The van der Waals surface area contributed by atoms with E-state index in [0.29, 0.717) is 35.3 Å². The van der Waals surface area contributed by atoms with Gasteiger partial charge in [0.2, 0.25) is 15.9 Å². The minimum Gasteiger partial charge on any atom is -0.492 e. The molecule has 0 bridgehead atoms. The summed E-state index contributed by atoms with van der Waals surface area (Å²) in [7, 11) is -3.77. The van der Waals surface area contributed by atoms with E-state index in [9.17, 15) is 18.0 Å². The fourth-order valence-corrected chi connectivity index (χ4v) is 5.12. The van der Waals surface area contributed by atoms with Gasteiger partial charge in [-0.05, 0) is 37.3 Å². The molecule has 2 N–H and O–H groups in total. The lowest BCUT2D eigenvalue weighted by Gasteiger charge is -2.21. The van der Waals surface area contributed by atoms with Crippen LogP contribution in [-0.2, 0) is 14.8 Å². The summed E-state index contributed by atoms with van der Waals surface area (Å²) in [5.74, 6) is -0.389. The number of hydrogen-bond acceptors (Lipinski definition) is 6. The van der Waals surface area contributed by atoms with Crippen LogP contribution >= 0.6 is 11.3 Å². The minimum atomic E-state index is -3.77. The SMILES string of the molecule is CCOc1ccc(NC(=O)c2ccc(NC(C)=O)s2)cc1S(=O)(=O)N(CC)CC. The maximum atomic E-state index is 13.0. The third-order valence-electron chi connectivity index (χ3n) is 3.95. The summed E-state index contributed by atoms with van der Waals surface area (Å²) in [5.41, 5.74) is 0.332. The molecule has 10 heteroatoms. The molecule has 0 spiro atoms. The van der Waals surface area contributed by atoms with Crippen molar-refractivity contribution in [1.82, 2.24) is 4.31 Å². The maximum Gasteiger partial charge on any atom is 0.265 e. The molecule has 2 aromatic rings. The number of carbonyl (C=O) groups excluding carboxylic acids is 2. The van der Waals surface area contributed by atoms with Gasteiger partial charge in [-0.2, -0.15) is 4.31 Å². The molecule has 0 aliphatic carbocycles. The summed E-state index contributed by atoms with van der Waals surface area (Å²) in [4.78, 5) is 24.0. The van der Waals surface area contributed by atoms with E-state index in [4.69, 9.17) is 4.74 Å². The summed E-state index contributed by atoms with van der Waals surface area (Å²) in [6, 6.07) is 7.75. The number of thiophene rings is 1. The fourth-order valence-electron chi connectivity index (χ4n) is 2.66. The highest BCUT2D eigenvalue weighted by Crippen LogP contribution is 2.31. The number of nitrogens with zero attached hydrogens (tertiary/aromatic N) is 1. The van der Waals surface area contributed by atoms with E-state index in [1.807, 2.05) is 0 Å². The van der Waals surface area contributed by atoms with Crippen molar-refractivity contribution in [3.63, 3.8) is 0 Å². The Labute approximate surface area is 174 Å². The molecule has 0 unspecified atom stereocenters.